The van der Waals surface area contributed by atoms with E-state index in [4.69, 9.17) is 4.18 Å². The van der Waals surface area contributed by atoms with Crippen molar-refractivity contribution in [1.82, 2.24) is 4.90 Å². The number of nitrogens with zero attached hydrogens (tertiary/aromatic N) is 1. The Morgan fingerprint density at radius 3 is 2.14 bits per heavy atom. The van der Waals surface area contributed by atoms with Crippen LogP contribution in [0, 0.1) is 5.92 Å². The van der Waals surface area contributed by atoms with E-state index in [1.54, 1.807) is 24.3 Å². The third kappa shape index (κ3) is 5.67. The zero-order chi connectivity index (χ0) is 16.9. The fraction of sp³-hybridized carbons (Fsp3) is 0.562. The van der Waals surface area contributed by atoms with Crippen molar-refractivity contribution in [3.63, 3.8) is 0 Å². The van der Waals surface area contributed by atoms with Gasteiger partial charge in [0.05, 0.1) is 6.26 Å². The molecule has 0 spiro atoms. The molecule has 1 aromatic rings. The van der Waals surface area contributed by atoms with Crippen molar-refractivity contribution in [2.45, 2.75) is 46.7 Å². The number of hydrogen-bond donors (Lipinski definition) is 0. The molecule has 0 radical (unpaired) electrons. The fourth-order valence-electron chi connectivity index (χ4n) is 2.02. The maximum atomic E-state index is 12.3. The Labute approximate surface area is 133 Å². The first-order valence-electron chi connectivity index (χ1n) is 7.43. The van der Waals surface area contributed by atoms with E-state index < -0.39 is 10.1 Å². The van der Waals surface area contributed by atoms with Gasteiger partial charge in [0.1, 0.15) is 5.75 Å². The first-order valence-corrected chi connectivity index (χ1v) is 9.24. The van der Waals surface area contributed by atoms with Crippen LogP contribution in [0.2, 0.25) is 0 Å². The van der Waals surface area contributed by atoms with Gasteiger partial charge in [-0.15, -0.1) is 0 Å². The first kappa shape index (κ1) is 18.5. The van der Waals surface area contributed by atoms with Gasteiger partial charge in [0, 0.05) is 18.5 Å². The number of benzene rings is 1. The third-order valence-electron chi connectivity index (χ3n) is 3.42. The van der Waals surface area contributed by atoms with Crippen LogP contribution in [0.25, 0.3) is 0 Å². The quantitative estimate of drug-likeness (QED) is 0.722. The van der Waals surface area contributed by atoms with Crippen LogP contribution in [0.15, 0.2) is 24.3 Å². The number of carbonyl (C=O) groups is 1. The lowest BCUT2D eigenvalue weighted by atomic mass is 10.1. The topological polar surface area (TPSA) is 63.7 Å². The van der Waals surface area contributed by atoms with Crippen LogP contribution >= 0.6 is 0 Å². The highest BCUT2D eigenvalue weighted by atomic mass is 32.2. The molecule has 1 rings (SSSR count). The maximum Gasteiger partial charge on any atom is 0.306 e. The molecular weight excluding hydrogens is 302 g/mol. The molecule has 0 unspecified atom stereocenters. The molecule has 0 aromatic heterocycles. The van der Waals surface area contributed by atoms with Gasteiger partial charge >= 0.3 is 10.1 Å². The summed E-state index contributed by atoms with van der Waals surface area (Å²) in [6, 6.07) is 6.92. The van der Waals surface area contributed by atoms with Crippen molar-refractivity contribution in [1.29, 1.82) is 0 Å². The first-order chi connectivity index (χ1) is 10.1. The average Bonchev–Trinajstić information content (AvgIpc) is 2.43. The van der Waals surface area contributed by atoms with Gasteiger partial charge in [0.15, 0.2) is 0 Å². The highest BCUT2D eigenvalue weighted by Crippen LogP contribution is 2.18. The Morgan fingerprint density at radius 1 is 1.18 bits per heavy atom. The molecule has 6 heteroatoms. The summed E-state index contributed by atoms with van der Waals surface area (Å²) in [6.45, 7) is 8.36. The van der Waals surface area contributed by atoms with E-state index in [2.05, 4.69) is 0 Å². The lowest BCUT2D eigenvalue weighted by Gasteiger charge is -2.30. The molecule has 0 aliphatic rings. The predicted octanol–water partition coefficient (Wildman–Crippen LogP) is 2.81. The summed E-state index contributed by atoms with van der Waals surface area (Å²) in [7, 11) is -3.52. The minimum Gasteiger partial charge on any atom is -0.383 e. The Balaban J connectivity index is 2.88. The van der Waals surface area contributed by atoms with E-state index in [1.165, 1.54) is 0 Å². The summed E-state index contributed by atoms with van der Waals surface area (Å²) in [4.78, 5) is 14.2. The van der Waals surface area contributed by atoms with Crippen molar-refractivity contribution >= 4 is 16.0 Å². The SMILES string of the molecule is CC[C@H](C)N(Cc1ccc(OS(C)(=O)=O)cc1)C(=O)C(C)C. The zero-order valence-electron chi connectivity index (χ0n) is 13.9. The molecule has 0 heterocycles. The smallest absolute Gasteiger partial charge is 0.306 e. The van der Waals surface area contributed by atoms with Gasteiger partial charge in [0.25, 0.3) is 0 Å². The third-order valence-corrected chi connectivity index (χ3v) is 3.92. The molecule has 5 nitrogen and oxygen atoms in total. The van der Waals surface area contributed by atoms with Crippen LogP contribution in [-0.2, 0) is 21.5 Å². The van der Waals surface area contributed by atoms with E-state index in [9.17, 15) is 13.2 Å². The average molecular weight is 327 g/mol. The Bertz CT molecular complexity index is 593. The molecule has 0 bridgehead atoms. The summed E-state index contributed by atoms with van der Waals surface area (Å²) in [5.74, 6) is 0.337. The molecule has 0 saturated heterocycles. The van der Waals surface area contributed by atoms with Gasteiger partial charge in [-0.05, 0) is 31.0 Å². The van der Waals surface area contributed by atoms with E-state index >= 15 is 0 Å². The van der Waals surface area contributed by atoms with Crippen molar-refractivity contribution in [3.8, 4) is 5.75 Å². The van der Waals surface area contributed by atoms with Gasteiger partial charge in [-0.2, -0.15) is 8.42 Å². The molecule has 1 atom stereocenters. The minimum absolute atomic E-state index is 0.0539. The largest absolute Gasteiger partial charge is 0.383 e. The van der Waals surface area contributed by atoms with Crippen molar-refractivity contribution in [3.05, 3.63) is 29.8 Å². The molecule has 0 saturated carbocycles. The summed E-state index contributed by atoms with van der Waals surface area (Å²) in [5, 5.41) is 0. The number of amides is 1. The van der Waals surface area contributed by atoms with Gasteiger partial charge in [-0.25, -0.2) is 0 Å². The normalized spacial score (nSPS) is 13.0. The Hall–Kier alpha value is -1.56. The molecule has 0 fully saturated rings. The van der Waals surface area contributed by atoms with Gasteiger partial charge in [-0.3, -0.25) is 4.79 Å². The van der Waals surface area contributed by atoms with E-state index in [-0.39, 0.29) is 23.6 Å². The van der Waals surface area contributed by atoms with E-state index in [1.807, 2.05) is 32.6 Å². The molecule has 0 N–H and O–H groups in total. The molecule has 0 aliphatic heterocycles. The Kier molecular flexibility index (Phi) is 6.41. The zero-order valence-corrected chi connectivity index (χ0v) is 14.7. The predicted molar refractivity (Wildman–Crippen MR) is 87.1 cm³/mol. The van der Waals surface area contributed by atoms with Crippen LogP contribution in [0.1, 0.15) is 39.7 Å². The highest BCUT2D eigenvalue weighted by Gasteiger charge is 2.21. The molecule has 1 aromatic carbocycles. The monoisotopic (exact) mass is 327 g/mol. The number of rotatable bonds is 7. The number of hydrogen-bond acceptors (Lipinski definition) is 4. The molecule has 1 amide bonds. The molecular formula is C16H25NO4S. The van der Waals surface area contributed by atoms with Crippen molar-refractivity contribution < 1.29 is 17.4 Å². The maximum absolute atomic E-state index is 12.3. The van der Waals surface area contributed by atoms with E-state index in [0.29, 0.717) is 6.54 Å². The van der Waals surface area contributed by atoms with E-state index in [0.717, 1.165) is 18.2 Å². The lowest BCUT2D eigenvalue weighted by molar-refractivity contribution is -0.137. The van der Waals surface area contributed by atoms with Crippen LogP contribution in [0.3, 0.4) is 0 Å². The summed E-state index contributed by atoms with van der Waals surface area (Å²) in [6.07, 6.45) is 1.89. The fourth-order valence-corrected chi connectivity index (χ4v) is 2.49. The van der Waals surface area contributed by atoms with Crippen LogP contribution < -0.4 is 4.18 Å². The van der Waals surface area contributed by atoms with Gasteiger partial charge in [0.2, 0.25) is 5.91 Å². The minimum atomic E-state index is -3.52. The highest BCUT2D eigenvalue weighted by molar-refractivity contribution is 7.86. The second kappa shape index (κ2) is 7.63. The standard InChI is InChI=1S/C16H25NO4S/c1-6-13(4)17(16(18)12(2)3)11-14-7-9-15(10-8-14)21-22(5,19)20/h7-10,12-13H,6,11H2,1-5H3/t13-/m0/s1. The summed E-state index contributed by atoms with van der Waals surface area (Å²) in [5.41, 5.74) is 0.940. The molecule has 22 heavy (non-hydrogen) atoms. The second-order valence-corrected chi connectivity index (χ2v) is 7.38. The van der Waals surface area contributed by atoms with Gasteiger partial charge in [-0.1, -0.05) is 32.9 Å². The number of carbonyl (C=O) groups excluding carboxylic acids is 1. The van der Waals surface area contributed by atoms with Crippen molar-refractivity contribution in [2.75, 3.05) is 6.26 Å². The second-order valence-electron chi connectivity index (χ2n) is 5.81. The molecule has 124 valence electrons. The Morgan fingerprint density at radius 2 is 1.73 bits per heavy atom. The summed E-state index contributed by atoms with van der Waals surface area (Å²) >= 11 is 0. The van der Waals surface area contributed by atoms with Crippen LogP contribution in [0.5, 0.6) is 5.75 Å². The molecule has 0 aliphatic carbocycles. The van der Waals surface area contributed by atoms with Crippen LogP contribution in [0.4, 0.5) is 0 Å². The van der Waals surface area contributed by atoms with Crippen molar-refractivity contribution in [2.24, 2.45) is 5.92 Å². The summed E-state index contributed by atoms with van der Waals surface area (Å²) < 4.78 is 27.0. The van der Waals surface area contributed by atoms with Gasteiger partial charge < -0.3 is 9.08 Å². The van der Waals surface area contributed by atoms with Crippen LogP contribution in [-0.4, -0.2) is 31.5 Å². The lowest BCUT2D eigenvalue weighted by Crippen LogP contribution is -2.40.